The molecule has 0 saturated carbocycles. The molecule has 8 nitrogen and oxygen atoms in total. The van der Waals surface area contributed by atoms with E-state index in [1.807, 2.05) is 41.3 Å². The number of amides is 1. The lowest BCUT2D eigenvalue weighted by Crippen LogP contribution is -2.48. The number of oxazole rings is 1. The Bertz CT molecular complexity index is 1100. The first-order chi connectivity index (χ1) is 16.2. The number of carbonyl (C=O) groups excluding carboxylic acids is 1. The Morgan fingerprint density at radius 2 is 1.82 bits per heavy atom. The van der Waals surface area contributed by atoms with Crippen molar-refractivity contribution in [1.82, 2.24) is 14.8 Å². The maximum Gasteiger partial charge on any atom is 0.231 e. The van der Waals surface area contributed by atoms with Crippen LogP contribution in [0.3, 0.4) is 0 Å². The van der Waals surface area contributed by atoms with Crippen molar-refractivity contribution in [2.75, 3.05) is 40.1 Å². The molecule has 2 aromatic carbocycles. The van der Waals surface area contributed by atoms with E-state index >= 15 is 0 Å². The summed E-state index contributed by atoms with van der Waals surface area (Å²) in [6.07, 6.45) is 2.59. The Morgan fingerprint density at radius 3 is 2.61 bits per heavy atom. The fraction of sp³-hybridized carbons (Fsp3) is 0.360. The summed E-state index contributed by atoms with van der Waals surface area (Å²) in [6, 6.07) is 13.7. The number of benzene rings is 2. The van der Waals surface area contributed by atoms with Gasteiger partial charge in [0.15, 0.2) is 23.1 Å². The van der Waals surface area contributed by atoms with Gasteiger partial charge in [-0.25, -0.2) is 4.98 Å². The zero-order chi connectivity index (χ0) is 22.6. The minimum absolute atomic E-state index is 0.141. The molecule has 8 heteroatoms. The van der Waals surface area contributed by atoms with Crippen molar-refractivity contribution in [1.29, 1.82) is 0 Å². The predicted octanol–water partition coefficient (Wildman–Crippen LogP) is 3.36. The molecular weight excluding hydrogens is 422 g/mol. The maximum absolute atomic E-state index is 12.7. The number of rotatable bonds is 7. The number of fused-ring (bicyclic) bond motifs is 1. The van der Waals surface area contributed by atoms with Crippen LogP contribution in [0.1, 0.15) is 17.9 Å². The number of carbonyl (C=O) groups is 1. The molecule has 2 aliphatic rings. The summed E-state index contributed by atoms with van der Waals surface area (Å²) >= 11 is 0. The highest BCUT2D eigenvalue weighted by atomic mass is 16.7. The molecule has 1 saturated heterocycles. The highest BCUT2D eigenvalue weighted by Crippen LogP contribution is 2.33. The number of nitrogens with zero attached hydrogens (tertiary/aromatic N) is 3. The van der Waals surface area contributed by atoms with E-state index in [1.165, 1.54) is 5.56 Å². The predicted molar refractivity (Wildman–Crippen MR) is 121 cm³/mol. The van der Waals surface area contributed by atoms with Crippen LogP contribution in [0.5, 0.6) is 17.2 Å². The quantitative estimate of drug-likeness (QED) is 0.547. The van der Waals surface area contributed by atoms with Gasteiger partial charge in [0.05, 0.1) is 13.3 Å². The van der Waals surface area contributed by atoms with E-state index in [4.69, 9.17) is 18.6 Å². The van der Waals surface area contributed by atoms with Gasteiger partial charge in [-0.15, -0.1) is 0 Å². The minimum atomic E-state index is 0.141. The lowest BCUT2D eigenvalue weighted by Gasteiger charge is -2.34. The van der Waals surface area contributed by atoms with Crippen LogP contribution in [0.25, 0.3) is 11.3 Å². The van der Waals surface area contributed by atoms with Crippen molar-refractivity contribution >= 4 is 5.91 Å². The molecule has 2 aliphatic heterocycles. The third-order valence-corrected chi connectivity index (χ3v) is 6.05. The van der Waals surface area contributed by atoms with E-state index in [-0.39, 0.29) is 12.7 Å². The van der Waals surface area contributed by atoms with Crippen molar-refractivity contribution in [3.8, 4) is 28.6 Å². The normalized spacial score (nSPS) is 15.6. The van der Waals surface area contributed by atoms with Gasteiger partial charge in [-0.05, 0) is 42.0 Å². The molecule has 0 unspecified atom stereocenters. The molecule has 3 heterocycles. The van der Waals surface area contributed by atoms with Crippen molar-refractivity contribution in [3.05, 3.63) is 60.1 Å². The smallest absolute Gasteiger partial charge is 0.231 e. The lowest BCUT2D eigenvalue weighted by molar-refractivity contribution is -0.133. The fourth-order valence-electron chi connectivity index (χ4n) is 4.14. The topological polar surface area (TPSA) is 77.3 Å². The molecule has 0 spiro atoms. The van der Waals surface area contributed by atoms with Crippen molar-refractivity contribution < 1.29 is 23.4 Å². The van der Waals surface area contributed by atoms with Gasteiger partial charge in [0.2, 0.25) is 12.7 Å². The fourth-order valence-corrected chi connectivity index (χ4v) is 4.14. The Morgan fingerprint density at radius 1 is 1.03 bits per heavy atom. The molecule has 0 N–H and O–H groups in total. The molecule has 1 fully saturated rings. The second-order valence-corrected chi connectivity index (χ2v) is 8.19. The highest BCUT2D eigenvalue weighted by molar-refractivity contribution is 5.76. The summed E-state index contributed by atoms with van der Waals surface area (Å²) in [5.74, 6) is 3.81. The molecule has 0 atom stereocenters. The van der Waals surface area contributed by atoms with Crippen molar-refractivity contribution in [3.63, 3.8) is 0 Å². The second kappa shape index (κ2) is 9.54. The Hall–Kier alpha value is -3.52. The third-order valence-electron chi connectivity index (χ3n) is 6.05. The number of aryl methyl sites for hydroxylation is 1. The van der Waals surface area contributed by atoms with Gasteiger partial charge in [0.25, 0.3) is 0 Å². The molecule has 0 bridgehead atoms. The van der Waals surface area contributed by atoms with E-state index in [1.54, 1.807) is 13.3 Å². The van der Waals surface area contributed by atoms with Gasteiger partial charge in [0, 0.05) is 51.1 Å². The number of aromatic nitrogens is 1. The Labute approximate surface area is 192 Å². The van der Waals surface area contributed by atoms with Gasteiger partial charge in [-0.2, -0.15) is 0 Å². The Kier molecular flexibility index (Phi) is 6.17. The summed E-state index contributed by atoms with van der Waals surface area (Å²) < 4.78 is 21.9. The molecule has 3 aromatic rings. The lowest BCUT2D eigenvalue weighted by atomic mass is 10.1. The molecule has 172 valence electrons. The number of ether oxygens (including phenoxy) is 3. The van der Waals surface area contributed by atoms with Crippen LogP contribution in [0.2, 0.25) is 0 Å². The monoisotopic (exact) mass is 449 g/mol. The maximum atomic E-state index is 12.7. The third kappa shape index (κ3) is 4.96. The second-order valence-electron chi connectivity index (χ2n) is 8.19. The SMILES string of the molecule is COc1ccc(-c2cnc(CCC(=O)N3CCN(Cc4ccc5c(c4)OCO5)CC3)o2)cc1. The molecule has 0 aliphatic carbocycles. The summed E-state index contributed by atoms with van der Waals surface area (Å²) in [6.45, 7) is 4.28. The van der Waals surface area contributed by atoms with Gasteiger partial charge >= 0.3 is 0 Å². The number of piperazine rings is 1. The summed E-state index contributed by atoms with van der Waals surface area (Å²) in [7, 11) is 1.64. The van der Waals surface area contributed by atoms with Gasteiger partial charge in [-0.1, -0.05) is 6.07 Å². The van der Waals surface area contributed by atoms with Crippen LogP contribution in [0.4, 0.5) is 0 Å². The highest BCUT2D eigenvalue weighted by Gasteiger charge is 2.22. The molecule has 1 aromatic heterocycles. The van der Waals surface area contributed by atoms with Crippen molar-refractivity contribution in [2.24, 2.45) is 0 Å². The number of hydrogen-bond acceptors (Lipinski definition) is 7. The van der Waals surface area contributed by atoms with Crippen LogP contribution in [0.15, 0.2) is 53.1 Å². The average Bonchev–Trinajstić information content (AvgIpc) is 3.52. The van der Waals surface area contributed by atoms with Gasteiger partial charge in [-0.3, -0.25) is 9.69 Å². The minimum Gasteiger partial charge on any atom is -0.497 e. The molecular formula is C25H27N3O5. The van der Waals surface area contributed by atoms with E-state index in [9.17, 15) is 4.79 Å². The molecule has 5 rings (SSSR count). The first-order valence-corrected chi connectivity index (χ1v) is 11.2. The van der Waals surface area contributed by atoms with Crippen LogP contribution >= 0.6 is 0 Å². The summed E-state index contributed by atoms with van der Waals surface area (Å²) in [5.41, 5.74) is 2.12. The first-order valence-electron chi connectivity index (χ1n) is 11.2. The zero-order valence-corrected chi connectivity index (χ0v) is 18.7. The molecule has 33 heavy (non-hydrogen) atoms. The Balaban J connectivity index is 1.08. The molecule has 0 radical (unpaired) electrons. The molecule has 1 amide bonds. The van der Waals surface area contributed by atoms with Gasteiger partial charge < -0.3 is 23.5 Å². The summed E-state index contributed by atoms with van der Waals surface area (Å²) in [4.78, 5) is 21.3. The standard InChI is InChI=1S/C25H27N3O5/c1-30-20-5-3-19(4-6-20)23-15-26-24(33-23)8-9-25(29)28-12-10-27(11-13-28)16-18-2-7-21-22(14-18)32-17-31-21/h2-7,14-15H,8-13,16-17H2,1H3. The van der Waals surface area contributed by atoms with Crippen LogP contribution in [-0.2, 0) is 17.8 Å². The van der Waals surface area contributed by atoms with E-state index in [0.717, 1.165) is 55.5 Å². The average molecular weight is 450 g/mol. The van der Waals surface area contributed by atoms with Crippen LogP contribution in [-0.4, -0.2) is 60.8 Å². The first kappa shape index (κ1) is 21.3. The van der Waals surface area contributed by atoms with E-state index in [2.05, 4.69) is 16.0 Å². The van der Waals surface area contributed by atoms with Crippen molar-refractivity contribution in [2.45, 2.75) is 19.4 Å². The van der Waals surface area contributed by atoms with E-state index < -0.39 is 0 Å². The largest absolute Gasteiger partial charge is 0.497 e. The summed E-state index contributed by atoms with van der Waals surface area (Å²) in [5, 5.41) is 0. The number of hydrogen-bond donors (Lipinski definition) is 0. The van der Waals surface area contributed by atoms with E-state index in [0.29, 0.717) is 24.5 Å². The number of methoxy groups -OCH3 is 1. The van der Waals surface area contributed by atoms with Crippen LogP contribution in [0, 0.1) is 0 Å². The van der Waals surface area contributed by atoms with Gasteiger partial charge in [0.1, 0.15) is 5.75 Å². The zero-order valence-electron chi connectivity index (χ0n) is 18.7. The van der Waals surface area contributed by atoms with Crippen LogP contribution < -0.4 is 14.2 Å².